The van der Waals surface area contributed by atoms with Gasteiger partial charge in [-0.15, -0.1) is 11.3 Å². The first-order valence-corrected chi connectivity index (χ1v) is 11.6. The van der Waals surface area contributed by atoms with Gasteiger partial charge < -0.3 is 9.57 Å². The number of rotatable bonds is 3. The Morgan fingerprint density at radius 1 is 1.03 bits per heavy atom. The summed E-state index contributed by atoms with van der Waals surface area (Å²) in [6.07, 6.45) is 1.86. The number of fused-ring (bicyclic) bond motifs is 8. The van der Waals surface area contributed by atoms with Gasteiger partial charge in [0.15, 0.2) is 11.2 Å². The van der Waals surface area contributed by atoms with E-state index in [0.29, 0.717) is 10.8 Å². The molecule has 3 saturated heterocycles. The lowest BCUT2D eigenvalue weighted by Gasteiger charge is -2.26. The predicted octanol–water partition coefficient (Wildman–Crippen LogP) is 1.19. The molecule has 4 aliphatic rings. The van der Waals surface area contributed by atoms with E-state index in [9.17, 15) is 13.8 Å². The average Bonchev–Trinajstić information content (AvgIpc) is 3.50. The van der Waals surface area contributed by atoms with E-state index in [4.69, 9.17) is 9.57 Å². The Morgan fingerprint density at radius 3 is 2.41 bits per heavy atom. The zero-order valence-electron chi connectivity index (χ0n) is 15.1. The molecule has 2 bridgehead atoms. The summed E-state index contributed by atoms with van der Waals surface area (Å²) in [5.74, 6) is -1.85. The third kappa shape index (κ3) is 2.24. The number of amides is 2. The number of hydrogen-bond acceptors (Lipinski definition) is 8. The second kappa shape index (κ2) is 6.04. The quantitative estimate of drug-likeness (QED) is 0.680. The maximum absolute atomic E-state index is 13.1. The minimum Gasteiger partial charge on any atom is -0.389 e. The van der Waals surface area contributed by atoms with E-state index in [1.165, 1.54) is 16.2 Å². The van der Waals surface area contributed by atoms with Crippen LogP contribution >= 0.6 is 11.3 Å². The van der Waals surface area contributed by atoms with Crippen LogP contribution in [0.5, 0.6) is 0 Å². The van der Waals surface area contributed by atoms with Crippen molar-refractivity contribution >= 4 is 44.8 Å². The smallest absolute Gasteiger partial charge is 0.242 e. The first-order valence-electron chi connectivity index (χ1n) is 9.16. The van der Waals surface area contributed by atoms with Crippen molar-refractivity contribution in [2.75, 3.05) is 11.2 Å². The molecule has 0 N–H and O–H groups in total. The maximum Gasteiger partial charge on any atom is 0.242 e. The lowest BCUT2D eigenvalue weighted by Crippen LogP contribution is -2.45. The summed E-state index contributed by atoms with van der Waals surface area (Å²) in [5, 5.41) is 6.41. The molecule has 10 heteroatoms. The Bertz CT molecular complexity index is 1080. The highest BCUT2D eigenvalue weighted by atomic mass is 32.2. The summed E-state index contributed by atoms with van der Waals surface area (Å²) in [5.41, 5.74) is 1.55. The third-order valence-electron chi connectivity index (χ3n) is 6.13. The molecule has 29 heavy (non-hydrogen) atoms. The highest BCUT2D eigenvalue weighted by molar-refractivity contribution is 7.84. The number of imide groups is 1. The molecule has 1 aromatic heterocycles. The fourth-order valence-electron chi connectivity index (χ4n) is 4.93. The van der Waals surface area contributed by atoms with Gasteiger partial charge in [-0.3, -0.25) is 13.8 Å². The maximum atomic E-state index is 13.1. The Morgan fingerprint density at radius 2 is 1.76 bits per heavy atom. The Hall–Kier alpha value is -2.43. The number of carbonyl (C=O) groups excluding carboxylic acids is 2. The number of thiazole rings is 1. The molecular weight excluding hydrogens is 414 g/mol. The van der Waals surface area contributed by atoms with Crippen LogP contribution in [0.25, 0.3) is 0 Å². The topological polar surface area (TPSA) is 98.2 Å². The Kier molecular flexibility index (Phi) is 3.63. The molecule has 8 nitrogen and oxygen atoms in total. The minimum absolute atomic E-state index is 0.216. The largest absolute Gasteiger partial charge is 0.389 e. The van der Waals surface area contributed by atoms with Gasteiger partial charge in [0, 0.05) is 33.5 Å². The zero-order chi connectivity index (χ0) is 19.9. The standard InChI is InChI=1S/C19H15N3O5S2/c1-29(25)9-4-2-8(3-5-9)13-12-14-10-11(15(26-14)16(12)27-21-13)18(24)22(17(10)23)19-20-6-7-28-19/h2-7,10-12,14-16H,1H3/t10-,11+,12-,14-,15+,16-,29?/m1/s1. The number of nitrogens with zero attached hydrogens (tertiary/aromatic N) is 3. The monoisotopic (exact) mass is 429 g/mol. The highest BCUT2D eigenvalue weighted by Crippen LogP contribution is 2.55. The van der Waals surface area contributed by atoms with E-state index in [1.807, 2.05) is 12.1 Å². The molecule has 1 aromatic carbocycles. The number of aromatic nitrogens is 1. The predicted molar refractivity (Wildman–Crippen MR) is 104 cm³/mol. The summed E-state index contributed by atoms with van der Waals surface area (Å²) >= 11 is 1.26. The van der Waals surface area contributed by atoms with Gasteiger partial charge in [-0.2, -0.15) is 0 Å². The first kappa shape index (κ1) is 17.4. The van der Waals surface area contributed by atoms with Crippen molar-refractivity contribution in [3.63, 3.8) is 0 Å². The Labute approximate surface area is 172 Å². The van der Waals surface area contributed by atoms with Crippen molar-refractivity contribution in [3.8, 4) is 0 Å². The van der Waals surface area contributed by atoms with Gasteiger partial charge >= 0.3 is 0 Å². The molecule has 0 radical (unpaired) electrons. The summed E-state index contributed by atoms with van der Waals surface area (Å²) in [7, 11) is -1.07. The molecule has 7 atom stereocenters. The summed E-state index contributed by atoms with van der Waals surface area (Å²) < 4.78 is 17.7. The van der Waals surface area contributed by atoms with Crippen LogP contribution in [-0.4, -0.2) is 51.3 Å². The molecule has 3 fully saturated rings. The van der Waals surface area contributed by atoms with Gasteiger partial charge in [0.25, 0.3) is 0 Å². The van der Waals surface area contributed by atoms with Gasteiger partial charge in [-0.25, -0.2) is 9.88 Å². The van der Waals surface area contributed by atoms with Crippen LogP contribution in [0, 0.1) is 17.8 Å². The highest BCUT2D eigenvalue weighted by Gasteiger charge is 2.72. The number of carbonyl (C=O) groups is 2. The van der Waals surface area contributed by atoms with Crippen molar-refractivity contribution in [2.45, 2.75) is 23.2 Å². The Balaban J connectivity index is 1.33. The van der Waals surface area contributed by atoms with Crippen molar-refractivity contribution in [2.24, 2.45) is 22.9 Å². The minimum atomic E-state index is -1.07. The molecule has 5 heterocycles. The number of oxime groups is 1. The lowest BCUT2D eigenvalue weighted by atomic mass is 9.71. The second-order valence-corrected chi connectivity index (χ2v) is 9.75. The van der Waals surface area contributed by atoms with Crippen molar-refractivity contribution in [1.82, 2.24) is 4.98 Å². The normalized spacial score (nSPS) is 35.5. The molecule has 148 valence electrons. The first-order chi connectivity index (χ1) is 14.1. The van der Waals surface area contributed by atoms with Crippen molar-refractivity contribution in [3.05, 3.63) is 41.4 Å². The van der Waals surface area contributed by atoms with E-state index in [1.54, 1.807) is 30.0 Å². The van der Waals surface area contributed by atoms with Crippen LogP contribution in [0.1, 0.15) is 5.56 Å². The number of hydrogen-bond donors (Lipinski definition) is 0. The van der Waals surface area contributed by atoms with E-state index >= 15 is 0 Å². The van der Waals surface area contributed by atoms with Gasteiger partial charge in [0.1, 0.15) is 6.10 Å². The second-order valence-electron chi connectivity index (χ2n) is 7.49. The van der Waals surface area contributed by atoms with Crippen molar-refractivity contribution in [1.29, 1.82) is 0 Å². The van der Waals surface area contributed by atoms with Crippen LogP contribution in [0.4, 0.5) is 5.13 Å². The average molecular weight is 429 g/mol. The van der Waals surface area contributed by atoms with Crippen LogP contribution in [0.3, 0.4) is 0 Å². The van der Waals surface area contributed by atoms with Crippen LogP contribution in [0.15, 0.2) is 45.9 Å². The van der Waals surface area contributed by atoms with E-state index < -0.39 is 34.8 Å². The van der Waals surface area contributed by atoms with Crippen LogP contribution < -0.4 is 4.90 Å². The molecule has 4 aliphatic heterocycles. The van der Waals surface area contributed by atoms with E-state index in [2.05, 4.69) is 10.1 Å². The molecule has 0 aliphatic carbocycles. The van der Waals surface area contributed by atoms with Gasteiger partial charge in [0.2, 0.25) is 11.8 Å². The van der Waals surface area contributed by atoms with Gasteiger partial charge in [-0.1, -0.05) is 17.3 Å². The molecule has 2 aromatic rings. The molecule has 2 amide bonds. The van der Waals surface area contributed by atoms with Crippen LogP contribution in [0.2, 0.25) is 0 Å². The van der Waals surface area contributed by atoms with Gasteiger partial charge in [-0.05, 0) is 17.7 Å². The molecular formula is C19H15N3O5S2. The van der Waals surface area contributed by atoms with Crippen LogP contribution in [-0.2, 0) is 30.0 Å². The number of anilines is 1. The molecule has 0 saturated carbocycles. The number of benzene rings is 1. The van der Waals surface area contributed by atoms with Gasteiger partial charge in [0.05, 0.1) is 29.6 Å². The fraction of sp³-hybridized carbons (Fsp3) is 0.368. The summed E-state index contributed by atoms with van der Waals surface area (Å²) in [6, 6.07) is 7.31. The lowest BCUT2D eigenvalue weighted by molar-refractivity contribution is -0.125. The fourth-order valence-corrected chi connectivity index (χ4v) is 6.10. The van der Waals surface area contributed by atoms with E-state index in [0.717, 1.165) is 10.5 Å². The molecule has 0 spiro atoms. The molecule has 1 unspecified atom stereocenters. The zero-order valence-corrected chi connectivity index (χ0v) is 16.8. The third-order valence-corrected chi connectivity index (χ3v) is 7.83. The SMILES string of the molecule is CS(=O)c1ccc(C2=NO[C@H]3[C@H]4O[C@@H]([C@@H]23)[C@@H]2C(=O)N(c3nccs3)C(=O)[C@H]42)cc1. The summed E-state index contributed by atoms with van der Waals surface area (Å²) in [4.78, 5) is 37.9. The molecule has 6 rings (SSSR count). The van der Waals surface area contributed by atoms with Crippen molar-refractivity contribution < 1.29 is 23.4 Å². The van der Waals surface area contributed by atoms with E-state index in [-0.39, 0.29) is 23.8 Å². The number of ether oxygens (including phenoxy) is 1. The summed E-state index contributed by atoms with van der Waals surface area (Å²) in [6.45, 7) is 0.